The number of pyridine rings is 1. The first-order valence-electron chi connectivity index (χ1n) is 16.1. The molecule has 0 spiro atoms. The molecule has 15 heteroatoms. The molecule has 0 aliphatic carbocycles. The first-order valence-corrected chi connectivity index (χ1v) is 16.5. The Bertz CT molecular complexity index is 1790. The summed E-state index contributed by atoms with van der Waals surface area (Å²) in [5, 5.41) is 11.8. The van der Waals surface area contributed by atoms with E-state index in [1.165, 1.54) is 31.0 Å². The highest BCUT2D eigenvalue weighted by Crippen LogP contribution is 2.42. The van der Waals surface area contributed by atoms with Gasteiger partial charge in [0.1, 0.15) is 23.5 Å². The highest BCUT2D eigenvalue weighted by Gasteiger charge is 2.52. The number of ether oxygens (including phenoxy) is 3. The van der Waals surface area contributed by atoms with Gasteiger partial charge in [-0.1, -0.05) is 20.8 Å². The van der Waals surface area contributed by atoms with Gasteiger partial charge in [0.15, 0.2) is 10.9 Å². The molecule has 3 aromatic rings. The van der Waals surface area contributed by atoms with Crippen molar-refractivity contribution in [1.82, 2.24) is 10.3 Å². The van der Waals surface area contributed by atoms with Crippen molar-refractivity contribution in [1.29, 1.82) is 5.26 Å². The minimum absolute atomic E-state index is 0.00930. The van der Waals surface area contributed by atoms with Crippen molar-refractivity contribution in [3.05, 3.63) is 77.2 Å². The fourth-order valence-corrected chi connectivity index (χ4v) is 5.51. The van der Waals surface area contributed by atoms with Crippen LogP contribution in [0.1, 0.15) is 69.4 Å². The second-order valence-corrected chi connectivity index (χ2v) is 13.7. The van der Waals surface area contributed by atoms with Gasteiger partial charge in [0.25, 0.3) is 11.8 Å². The lowest BCUT2D eigenvalue weighted by Crippen LogP contribution is -2.44. The smallest absolute Gasteiger partial charge is 0.420 e. The van der Waals surface area contributed by atoms with E-state index >= 15 is 4.39 Å². The van der Waals surface area contributed by atoms with Gasteiger partial charge < -0.3 is 24.4 Å². The number of nitriles is 1. The summed E-state index contributed by atoms with van der Waals surface area (Å²) in [4.78, 5) is 32.2. The van der Waals surface area contributed by atoms with E-state index in [-0.39, 0.29) is 35.0 Å². The van der Waals surface area contributed by atoms with E-state index in [1.807, 2.05) is 6.92 Å². The van der Waals surface area contributed by atoms with Crippen LogP contribution in [0.25, 0.3) is 0 Å². The van der Waals surface area contributed by atoms with E-state index in [0.29, 0.717) is 48.1 Å². The first-order chi connectivity index (χ1) is 23.9. The summed E-state index contributed by atoms with van der Waals surface area (Å²) in [6.45, 7) is 12.5. The molecule has 2 aromatic carbocycles. The van der Waals surface area contributed by atoms with Crippen LogP contribution in [-0.4, -0.2) is 59.9 Å². The topological polar surface area (TPSA) is 117 Å². The van der Waals surface area contributed by atoms with E-state index in [2.05, 4.69) is 31.1 Å². The number of carbonyl (C=O) groups is 2. The Balaban J connectivity index is 1.24. The molecule has 2 heterocycles. The normalized spacial score (nSPS) is 15.1. The Labute approximate surface area is 299 Å². The van der Waals surface area contributed by atoms with Gasteiger partial charge in [0.05, 0.1) is 42.4 Å². The first kappa shape index (κ1) is 39.0. The summed E-state index contributed by atoms with van der Waals surface area (Å²) in [6, 6.07) is 13.1. The lowest BCUT2D eigenvalue weighted by atomic mass is 9.88. The Hall–Kier alpha value is -4.81. The summed E-state index contributed by atoms with van der Waals surface area (Å²) in [5.74, 6) is -1.80. The Morgan fingerprint density at radius 3 is 2.29 bits per heavy atom. The van der Waals surface area contributed by atoms with E-state index in [0.717, 1.165) is 12.1 Å². The highest BCUT2D eigenvalue weighted by atomic mass is 32.1. The van der Waals surface area contributed by atoms with Crippen LogP contribution < -0.4 is 24.6 Å². The maximum absolute atomic E-state index is 15.2. The lowest BCUT2D eigenvalue weighted by molar-refractivity contribution is -0.140. The number of hydrogen-bond donors (Lipinski definition) is 1. The molecule has 0 saturated carbocycles. The maximum Gasteiger partial charge on any atom is 0.420 e. The number of halogens is 4. The van der Waals surface area contributed by atoms with E-state index in [4.69, 9.17) is 31.7 Å². The summed E-state index contributed by atoms with van der Waals surface area (Å²) >= 11 is 5.46. The number of hydrogen-bond acceptors (Lipinski definition) is 8. The lowest BCUT2D eigenvalue weighted by Gasteiger charge is -2.29. The molecule has 1 fully saturated rings. The minimum Gasteiger partial charge on any atom is -0.491 e. The molecule has 272 valence electrons. The third kappa shape index (κ3) is 8.92. The fraction of sp³-hybridized carbons (Fsp3) is 0.417. The zero-order chi connectivity index (χ0) is 37.7. The molecule has 1 saturated heterocycles. The third-order valence-electron chi connectivity index (χ3n) is 8.36. The number of rotatable bonds is 13. The molecule has 1 aliphatic rings. The molecule has 0 bridgehead atoms. The van der Waals surface area contributed by atoms with Crippen molar-refractivity contribution < 1.29 is 41.4 Å². The minimum atomic E-state index is -5.17. The number of amides is 2. The molecule has 2 amide bonds. The molecule has 1 atom stereocenters. The fourth-order valence-electron chi connectivity index (χ4n) is 5.00. The van der Waals surface area contributed by atoms with E-state index < -0.39 is 40.3 Å². The van der Waals surface area contributed by atoms with Crippen LogP contribution in [-0.2, 0) is 15.7 Å². The SMILES string of the molecule is CC(NC(=O)c1ccc(OCCOCCCOc2ccc(N3C(=S)N(c4ccc(C#N)c(C(F)(F)F)c4F)C(=O)C3(C)C)cn2)cc1)C(C)(C)C. The number of nitrogens with zero attached hydrogens (tertiary/aromatic N) is 4. The number of anilines is 2. The number of aromatic nitrogens is 1. The molecule has 0 radical (unpaired) electrons. The predicted molar refractivity (Wildman–Crippen MR) is 186 cm³/mol. The quantitative estimate of drug-likeness (QED) is 0.112. The third-order valence-corrected chi connectivity index (χ3v) is 8.72. The van der Waals surface area contributed by atoms with Gasteiger partial charge in [-0.3, -0.25) is 14.5 Å². The summed E-state index contributed by atoms with van der Waals surface area (Å²) in [7, 11) is 0. The second-order valence-electron chi connectivity index (χ2n) is 13.4. The number of carbonyl (C=O) groups excluding carboxylic acids is 2. The summed E-state index contributed by atoms with van der Waals surface area (Å²) in [6.07, 6.45) is -3.25. The van der Waals surface area contributed by atoms with Gasteiger partial charge in [-0.25, -0.2) is 9.37 Å². The van der Waals surface area contributed by atoms with Crippen LogP contribution in [0.3, 0.4) is 0 Å². The van der Waals surface area contributed by atoms with Crippen molar-refractivity contribution in [3.63, 3.8) is 0 Å². The van der Waals surface area contributed by atoms with Crippen LogP contribution in [0.5, 0.6) is 11.6 Å². The average Bonchev–Trinajstić information content (AvgIpc) is 3.23. The van der Waals surface area contributed by atoms with Gasteiger partial charge in [-0.05, 0) is 80.9 Å². The Kier molecular flexibility index (Phi) is 11.9. The molecular weight excluding hydrogens is 690 g/mol. The van der Waals surface area contributed by atoms with Crippen molar-refractivity contribution >= 4 is 40.5 Å². The van der Waals surface area contributed by atoms with Gasteiger partial charge in [0.2, 0.25) is 5.88 Å². The molecule has 1 aliphatic heterocycles. The molecule has 1 unspecified atom stereocenters. The maximum atomic E-state index is 15.2. The standard InChI is InChI=1S/C36H39F4N5O5S/c1-22(34(2,3)4)43-31(46)23-8-12-26(13-9-23)49-19-18-48-16-7-17-50-28-15-11-25(21-42-28)45-33(51)44(32(47)35(45,5)6)27-14-10-24(20-41)29(30(27)37)36(38,39)40/h8-15,21-22H,7,16-19H2,1-6H3,(H,43,46). The number of thiocarbonyl (C=S) groups is 1. The Morgan fingerprint density at radius 2 is 1.71 bits per heavy atom. The molecular formula is C36H39F4N5O5S. The van der Waals surface area contributed by atoms with Gasteiger partial charge in [-0.15, -0.1) is 0 Å². The number of benzene rings is 2. The van der Waals surface area contributed by atoms with Crippen LogP contribution in [0.15, 0.2) is 54.7 Å². The predicted octanol–water partition coefficient (Wildman–Crippen LogP) is 7.06. The zero-order valence-electron chi connectivity index (χ0n) is 29.1. The number of nitrogens with one attached hydrogen (secondary N) is 1. The largest absolute Gasteiger partial charge is 0.491 e. The van der Waals surface area contributed by atoms with Gasteiger partial charge in [0, 0.05) is 30.7 Å². The van der Waals surface area contributed by atoms with Crippen molar-refractivity contribution in [2.24, 2.45) is 5.41 Å². The molecule has 51 heavy (non-hydrogen) atoms. The number of alkyl halides is 3. The Morgan fingerprint density at radius 1 is 1.02 bits per heavy atom. The van der Waals surface area contributed by atoms with Crippen LogP contribution in [0.2, 0.25) is 0 Å². The molecule has 10 nitrogen and oxygen atoms in total. The van der Waals surface area contributed by atoms with Gasteiger partial charge >= 0.3 is 6.18 Å². The highest BCUT2D eigenvalue weighted by molar-refractivity contribution is 7.81. The van der Waals surface area contributed by atoms with Crippen molar-refractivity contribution in [3.8, 4) is 17.7 Å². The second kappa shape index (κ2) is 15.6. The van der Waals surface area contributed by atoms with Crippen LogP contribution >= 0.6 is 12.2 Å². The van der Waals surface area contributed by atoms with Crippen molar-refractivity contribution in [2.45, 2.75) is 65.7 Å². The molecule has 1 aromatic heterocycles. The monoisotopic (exact) mass is 729 g/mol. The van der Waals surface area contributed by atoms with Crippen LogP contribution in [0.4, 0.5) is 28.9 Å². The van der Waals surface area contributed by atoms with E-state index in [1.54, 1.807) is 36.4 Å². The summed E-state index contributed by atoms with van der Waals surface area (Å²) in [5.41, 5.74) is -3.98. The van der Waals surface area contributed by atoms with Gasteiger partial charge in [-0.2, -0.15) is 18.4 Å². The molecule has 1 N–H and O–H groups in total. The molecule has 4 rings (SSSR count). The average molecular weight is 730 g/mol. The summed E-state index contributed by atoms with van der Waals surface area (Å²) < 4.78 is 73.1. The zero-order valence-corrected chi connectivity index (χ0v) is 29.9. The van der Waals surface area contributed by atoms with Crippen molar-refractivity contribution in [2.75, 3.05) is 36.2 Å². The van der Waals surface area contributed by atoms with E-state index in [9.17, 15) is 22.8 Å². The van der Waals surface area contributed by atoms with Crippen LogP contribution in [0, 0.1) is 22.6 Å².